The lowest BCUT2D eigenvalue weighted by Gasteiger charge is -1.94. The Morgan fingerprint density at radius 3 is 2.64 bits per heavy atom. The van der Waals surface area contributed by atoms with E-state index in [0.29, 0.717) is 0 Å². The monoisotopic (exact) mass is 193 g/mol. The van der Waals surface area contributed by atoms with E-state index in [9.17, 15) is 0 Å². The van der Waals surface area contributed by atoms with Crippen molar-refractivity contribution in [3.63, 3.8) is 0 Å². The molecule has 3 nitrogen and oxygen atoms in total. The van der Waals surface area contributed by atoms with Gasteiger partial charge in [-0.3, -0.25) is 5.41 Å². The van der Waals surface area contributed by atoms with Crippen LogP contribution in [0.2, 0.25) is 0 Å². The molecular formula is C11H19N3. The molecule has 0 atom stereocenters. The quantitative estimate of drug-likeness (QED) is 0.581. The molecule has 0 aliphatic heterocycles. The van der Waals surface area contributed by atoms with Gasteiger partial charge in [-0.15, -0.1) is 0 Å². The molecule has 1 rings (SSSR count). The molecule has 0 saturated carbocycles. The molecule has 1 aromatic heterocycles. The third-order valence-electron chi connectivity index (χ3n) is 1.66. The van der Waals surface area contributed by atoms with Gasteiger partial charge in [0.25, 0.3) is 0 Å². The van der Waals surface area contributed by atoms with Crippen molar-refractivity contribution < 1.29 is 0 Å². The summed E-state index contributed by atoms with van der Waals surface area (Å²) in [6.07, 6.45) is 8.03. The minimum absolute atomic E-state index is 0.992. The molecular weight excluding hydrogens is 174 g/mol. The van der Waals surface area contributed by atoms with Crippen molar-refractivity contribution in [2.75, 3.05) is 0 Å². The number of hydrogen-bond donors (Lipinski definition) is 1. The van der Waals surface area contributed by atoms with E-state index in [1.165, 1.54) is 6.34 Å². The second-order valence-electron chi connectivity index (χ2n) is 2.60. The highest BCUT2D eigenvalue weighted by Crippen LogP contribution is 2.07. The first-order chi connectivity index (χ1) is 6.79. The topological polar surface area (TPSA) is 41.7 Å². The molecule has 0 aliphatic carbocycles. The van der Waals surface area contributed by atoms with E-state index in [-0.39, 0.29) is 0 Å². The second-order valence-corrected chi connectivity index (χ2v) is 2.60. The molecule has 14 heavy (non-hydrogen) atoms. The number of nitrogens with one attached hydrogen (secondary N) is 1. The smallest absolute Gasteiger partial charge is 0.109 e. The van der Waals surface area contributed by atoms with Crippen molar-refractivity contribution in [3.8, 4) is 0 Å². The van der Waals surface area contributed by atoms with Crippen LogP contribution in [0.3, 0.4) is 0 Å². The van der Waals surface area contributed by atoms with E-state index in [4.69, 9.17) is 5.41 Å². The number of aryl methyl sites for hydroxylation is 1. The predicted octanol–water partition coefficient (Wildman–Crippen LogP) is 3.10. The lowest BCUT2D eigenvalue weighted by atomic mass is 10.2. The summed E-state index contributed by atoms with van der Waals surface area (Å²) >= 11 is 0. The van der Waals surface area contributed by atoms with E-state index in [0.717, 1.165) is 17.7 Å². The van der Waals surface area contributed by atoms with Crippen LogP contribution in [0.4, 0.5) is 0 Å². The Bertz CT molecular complexity index is 297. The minimum atomic E-state index is 0.992. The van der Waals surface area contributed by atoms with Crippen LogP contribution in [0.1, 0.15) is 38.4 Å². The molecule has 0 bridgehead atoms. The van der Waals surface area contributed by atoms with Gasteiger partial charge in [-0.05, 0) is 25.0 Å². The van der Waals surface area contributed by atoms with Gasteiger partial charge in [0.05, 0.1) is 11.9 Å². The van der Waals surface area contributed by atoms with Gasteiger partial charge in [0.15, 0.2) is 0 Å². The molecule has 3 heteroatoms. The van der Waals surface area contributed by atoms with Gasteiger partial charge in [-0.1, -0.05) is 26.8 Å². The maximum Gasteiger partial charge on any atom is 0.109 e. The van der Waals surface area contributed by atoms with Crippen LogP contribution >= 0.6 is 0 Å². The third kappa shape index (κ3) is 3.17. The van der Waals surface area contributed by atoms with E-state index in [1.54, 1.807) is 10.9 Å². The summed E-state index contributed by atoms with van der Waals surface area (Å²) in [7, 11) is 0. The van der Waals surface area contributed by atoms with Crippen molar-refractivity contribution in [2.45, 2.75) is 34.1 Å². The minimum Gasteiger partial charge on any atom is -0.289 e. The van der Waals surface area contributed by atoms with E-state index in [2.05, 4.69) is 18.1 Å². The Labute approximate surface area is 86.0 Å². The van der Waals surface area contributed by atoms with Crippen LogP contribution in [0.15, 0.2) is 12.3 Å². The molecule has 1 heterocycles. The van der Waals surface area contributed by atoms with Crippen molar-refractivity contribution >= 4 is 12.4 Å². The molecule has 0 radical (unpaired) electrons. The lowest BCUT2D eigenvalue weighted by molar-refractivity contribution is 0.938. The zero-order valence-corrected chi connectivity index (χ0v) is 9.41. The van der Waals surface area contributed by atoms with Crippen molar-refractivity contribution in [2.24, 2.45) is 0 Å². The largest absolute Gasteiger partial charge is 0.289 e. The molecule has 1 aromatic rings. The van der Waals surface area contributed by atoms with Gasteiger partial charge >= 0.3 is 0 Å². The highest BCUT2D eigenvalue weighted by molar-refractivity contribution is 5.62. The first kappa shape index (κ1) is 12.6. The number of aromatic nitrogens is 2. The number of rotatable bonds is 3. The summed E-state index contributed by atoms with van der Waals surface area (Å²) < 4.78 is 1.56. The van der Waals surface area contributed by atoms with Gasteiger partial charge in [0.1, 0.15) is 6.34 Å². The Morgan fingerprint density at radius 2 is 2.14 bits per heavy atom. The SMILES string of the molecule is CC.CC/C=C\c1c(C)cnn1C=N. The lowest BCUT2D eigenvalue weighted by Crippen LogP contribution is -1.98. The average molecular weight is 193 g/mol. The van der Waals surface area contributed by atoms with Crippen molar-refractivity contribution in [1.82, 2.24) is 9.78 Å². The molecule has 0 aromatic carbocycles. The Morgan fingerprint density at radius 1 is 1.50 bits per heavy atom. The zero-order valence-electron chi connectivity index (χ0n) is 9.41. The Hall–Kier alpha value is -1.38. The summed E-state index contributed by atoms with van der Waals surface area (Å²) in [5, 5.41) is 11.1. The molecule has 0 unspecified atom stereocenters. The predicted molar refractivity (Wildman–Crippen MR) is 61.8 cm³/mol. The normalized spacial score (nSPS) is 9.71. The maximum atomic E-state index is 7.07. The molecule has 0 amide bonds. The highest BCUT2D eigenvalue weighted by Gasteiger charge is 1.99. The van der Waals surface area contributed by atoms with Gasteiger partial charge in [0.2, 0.25) is 0 Å². The standard InChI is InChI=1S/C9H13N3.C2H6/c1-3-4-5-9-8(2)6-11-12(9)7-10;1-2/h4-7,10H,3H2,1-2H3;1-2H3/b5-4-,10-7?;. The second kappa shape index (κ2) is 7.06. The van der Waals surface area contributed by atoms with E-state index >= 15 is 0 Å². The molecule has 1 N–H and O–H groups in total. The summed E-state index contributed by atoms with van der Waals surface area (Å²) in [5.74, 6) is 0. The highest BCUT2D eigenvalue weighted by atomic mass is 15.3. The van der Waals surface area contributed by atoms with Crippen molar-refractivity contribution in [1.29, 1.82) is 5.41 Å². The van der Waals surface area contributed by atoms with Crippen LogP contribution in [0.25, 0.3) is 6.08 Å². The number of hydrogen-bond acceptors (Lipinski definition) is 2. The molecule has 0 aliphatic rings. The molecule has 0 fully saturated rings. The van der Waals surface area contributed by atoms with E-state index in [1.807, 2.05) is 26.8 Å². The average Bonchev–Trinajstić information content (AvgIpc) is 2.59. The summed E-state index contributed by atoms with van der Waals surface area (Å²) in [6.45, 7) is 8.07. The fraction of sp³-hybridized carbons (Fsp3) is 0.455. The molecule has 78 valence electrons. The van der Waals surface area contributed by atoms with Gasteiger partial charge in [-0.25, -0.2) is 4.68 Å². The number of allylic oxidation sites excluding steroid dienone is 1. The van der Waals surface area contributed by atoms with Gasteiger partial charge < -0.3 is 0 Å². The maximum absolute atomic E-state index is 7.07. The van der Waals surface area contributed by atoms with Gasteiger partial charge in [0, 0.05) is 0 Å². The summed E-state index contributed by atoms with van der Waals surface area (Å²) in [4.78, 5) is 0. The van der Waals surface area contributed by atoms with Crippen LogP contribution < -0.4 is 0 Å². The van der Waals surface area contributed by atoms with Crippen LogP contribution in [-0.2, 0) is 0 Å². The van der Waals surface area contributed by atoms with E-state index < -0.39 is 0 Å². The fourth-order valence-electron chi connectivity index (χ4n) is 0.998. The Kier molecular flexibility index (Phi) is 6.37. The van der Waals surface area contributed by atoms with Crippen molar-refractivity contribution in [3.05, 3.63) is 23.5 Å². The Balaban J connectivity index is 0.000000791. The first-order valence-electron chi connectivity index (χ1n) is 5.00. The molecule has 0 saturated heterocycles. The van der Waals surface area contributed by atoms with Crippen LogP contribution in [0.5, 0.6) is 0 Å². The summed E-state index contributed by atoms with van der Waals surface area (Å²) in [5.41, 5.74) is 2.09. The first-order valence-corrected chi connectivity index (χ1v) is 5.00. The number of nitrogens with zero attached hydrogens (tertiary/aromatic N) is 2. The van der Waals surface area contributed by atoms with Crippen LogP contribution in [-0.4, -0.2) is 16.1 Å². The molecule has 0 spiro atoms. The zero-order chi connectivity index (χ0) is 11.0. The third-order valence-corrected chi connectivity index (χ3v) is 1.66. The summed E-state index contributed by atoms with van der Waals surface area (Å²) in [6, 6.07) is 0. The van der Waals surface area contributed by atoms with Crippen LogP contribution in [0, 0.1) is 12.3 Å². The van der Waals surface area contributed by atoms with Gasteiger partial charge in [-0.2, -0.15) is 5.10 Å². The fourth-order valence-corrected chi connectivity index (χ4v) is 0.998.